The average molecular weight is 446 g/mol. The summed E-state index contributed by atoms with van der Waals surface area (Å²) >= 11 is 0. The van der Waals surface area contributed by atoms with E-state index in [0.29, 0.717) is 6.04 Å². The van der Waals surface area contributed by atoms with Crippen LogP contribution in [0.4, 0.5) is 5.82 Å². The third kappa shape index (κ3) is 4.64. The molecule has 1 aliphatic heterocycles. The van der Waals surface area contributed by atoms with Crippen molar-refractivity contribution in [3.05, 3.63) is 53.4 Å². The van der Waals surface area contributed by atoms with Gasteiger partial charge in [-0.05, 0) is 84.5 Å². The molecule has 33 heavy (non-hydrogen) atoms. The quantitative estimate of drug-likeness (QED) is 0.608. The Hall–Kier alpha value is -2.80. The summed E-state index contributed by atoms with van der Waals surface area (Å²) in [5, 5.41) is 8.61. The van der Waals surface area contributed by atoms with Gasteiger partial charge in [-0.3, -0.25) is 0 Å². The molecule has 5 rings (SSSR count). The number of hydrogen-bond donors (Lipinski definition) is 1. The van der Waals surface area contributed by atoms with E-state index < -0.39 is 0 Å². The molecule has 0 bridgehead atoms. The molecule has 0 aromatic carbocycles. The van der Waals surface area contributed by atoms with Crippen LogP contribution in [0.15, 0.2) is 30.7 Å². The van der Waals surface area contributed by atoms with Crippen LogP contribution in [0.3, 0.4) is 0 Å². The number of fused-ring (bicyclic) bond motifs is 1. The normalized spacial score (nSPS) is 22.6. The van der Waals surface area contributed by atoms with Crippen LogP contribution in [0.5, 0.6) is 0 Å². The van der Waals surface area contributed by atoms with Crippen molar-refractivity contribution in [2.75, 3.05) is 18.4 Å². The van der Waals surface area contributed by atoms with Gasteiger partial charge in [-0.2, -0.15) is 5.10 Å². The minimum atomic E-state index is 0.448. The first-order valence-corrected chi connectivity index (χ1v) is 12.4. The van der Waals surface area contributed by atoms with E-state index in [-0.39, 0.29) is 0 Å². The molecule has 2 fully saturated rings. The molecule has 1 saturated heterocycles. The second-order valence-corrected chi connectivity index (χ2v) is 9.54. The first-order valence-electron chi connectivity index (χ1n) is 12.4. The van der Waals surface area contributed by atoms with Crippen LogP contribution >= 0.6 is 0 Å². The maximum absolute atomic E-state index is 4.83. The third-order valence-electron chi connectivity index (χ3n) is 7.26. The number of imidazole rings is 1. The number of piperidine rings is 1. The predicted octanol–water partition coefficient (Wildman–Crippen LogP) is 4.80. The van der Waals surface area contributed by atoms with Crippen molar-refractivity contribution in [2.24, 2.45) is 0 Å². The smallest absolute Gasteiger partial charge is 0.153 e. The number of aromatic nitrogens is 5. The Labute approximate surface area is 196 Å². The molecule has 0 spiro atoms. The van der Waals surface area contributed by atoms with Crippen molar-refractivity contribution in [1.82, 2.24) is 29.5 Å². The minimum absolute atomic E-state index is 0.448. The number of anilines is 1. The van der Waals surface area contributed by atoms with Gasteiger partial charge in [0.25, 0.3) is 0 Å². The van der Waals surface area contributed by atoms with Gasteiger partial charge in [0.05, 0.1) is 23.3 Å². The number of nitrogens with one attached hydrogen (secondary N) is 1. The van der Waals surface area contributed by atoms with E-state index in [1.807, 2.05) is 29.8 Å². The van der Waals surface area contributed by atoms with Gasteiger partial charge in [-0.25, -0.2) is 19.5 Å². The zero-order valence-electron chi connectivity index (χ0n) is 20.1. The predicted molar refractivity (Wildman–Crippen MR) is 132 cm³/mol. The lowest BCUT2D eigenvalue weighted by Crippen LogP contribution is -2.43. The summed E-state index contributed by atoms with van der Waals surface area (Å²) < 4.78 is 1.85. The summed E-state index contributed by atoms with van der Waals surface area (Å²) in [6.45, 7) is 8.67. The third-order valence-corrected chi connectivity index (χ3v) is 7.26. The standard InChI is InChI=1S/C26H35N7/c1-4-22(23-12-13-24-29-18(2)16-33(24)31-23)25-19(3)27-17-28-26(25)30-20-8-10-21(11-9-20)32-14-6-5-7-15-32/h4,12-13,16-17,20-21H,5-11,14-15H2,1-3H3,(H,27,28,30)/b22-4-. The molecule has 1 aliphatic carbocycles. The fraction of sp³-hybridized carbons (Fsp3) is 0.538. The SMILES string of the molecule is C/C=C(/c1ccc2nc(C)cn2n1)c1c(C)ncnc1NC1CCC(N2CCCCC2)CC1. The lowest BCUT2D eigenvalue weighted by Gasteiger charge is -2.39. The van der Waals surface area contributed by atoms with E-state index in [9.17, 15) is 0 Å². The zero-order chi connectivity index (χ0) is 22.8. The van der Waals surface area contributed by atoms with Crippen LogP contribution in [0.25, 0.3) is 11.2 Å². The van der Waals surface area contributed by atoms with E-state index in [4.69, 9.17) is 5.10 Å². The highest BCUT2D eigenvalue weighted by atomic mass is 15.2. The molecule has 7 nitrogen and oxygen atoms in total. The summed E-state index contributed by atoms with van der Waals surface area (Å²) in [5.74, 6) is 0.917. The van der Waals surface area contributed by atoms with E-state index in [2.05, 4.69) is 45.1 Å². The Morgan fingerprint density at radius 1 is 1.03 bits per heavy atom. The summed E-state index contributed by atoms with van der Waals surface area (Å²) in [6.07, 6.45) is 14.8. The van der Waals surface area contributed by atoms with Gasteiger partial charge in [0.1, 0.15) is 12.1 Å². The monoisotopic (exact) mass is 445 g/mol. The summed E-state index contributed by atoms with van der Waals surface area (Å²) in [5.41, 5.74) is 5.77. The molecule has 2 aliphatic rings. The number of likely N-dealkylation sites (tertiary alicyclic amines) is 1. The van der Waals surface area contributed by atoms with Crippen molar-refractivity contribution in [3.63, 3.8) is 0 Å². The van der Waals surface area contributed by atoms with Gasteiger partial charge in [-0.15, -0.1) is 0 Å². The fourth-order valence-electron chi connectivity index (χ4n) is 5.53. The summed E-state index contributed by atoms with van der Waals surface area (Å²) in [4.78, 5) is 16.4. The molecular weight excluding hydrogens is 410 g/mol. The molecule has 3 aromatic heterocycles. The number of allylic oxidation sites excluding steroid dienone is 1. The fourth-order valence-corrected chi connectivity index (χ4v) is 5.53. The molecule has 174 valence electrons. The van der Waals surface area contributed by atoms with Gasteiger partial charge in [0.15, 0.2) is 5.65 Å². The Morgan fingerprint density at radius 2 is 1.82 bits per heavy atom. The average Bonchev–Trinajstić information content (AvgIpc) is 3.21. The maximum atomic E-state index is 4.83. The Balaban J connectivity index is 1.36. The first kappa shape index (κ1) is 22.0. The molecule has 0 amide bonds. The van der Waals surface area contributed by atoms with Crippen LogP contribution in [0, 0.1) is 13.8 Å². The summed E-state index contributed by atoms with van der Waals surface area (Å²) in [7, 11) is 0. The summed E-state index contributed by atoms with van der Waals surface area (Å²) in [6, 6.07) is 5.27. The molecule has 1 saturated carbocycles. The van der Waals surface area contributed by atoms with Crippen molar-refractivity contribution in [2.45, 2.75) is 77.8 Å². The Bertz CT molecular complexity index is 1130. The van der Waals surface area contributed by atoms with Crippen LogP contribution in [0.2, 0.25) is 0 Å². The highest BCUT2D eigenvalue weighted by molar-refractivity contribution is 5.84. The van der Waals surface area contributed by atoms with E-state index in [0.717, 1.165) is 45.7 Å². The molecule has 0 radical (unpaired) electrons. The lowest BCUT2D eigenvalue weighted by atomic mass is 9.89. The van der Waals surface area contributed by atoms with E-state index >= 15 is 0 Å². The van der Waals surface area contributed by atoms with Gasteiger partial charge in [0, 0.05) is 23.2 Å². The first-order chi connectivity index (χ1) is 16.1. The number of aryl methyl sites for hydroxylation is 2. The van der Waals surface area contributed by atoms with Crippen LogP contribution in [0.1, 0.15) is 74.5 Å². The highest BCUT2D eigenvalue weighted by Crippen LogP contribution is 2.32. The van der Waals surface area contributed by atoms with Gasteiger partial charge < -0.3 is 10.2 Å². The number of hydrogen-bond acceptors (Lipinski definition) is 6. The molecule has 0 unspecified atom stereocenters. The minimum Gasteiger partial charge on any atom is -0.367 e. The second-order valence-electron chi connectivity index (χ2n) is 9.54. The molecule has 4 heterocycles. The zero-order valence-corrected chi connectivity index (χ0v) is 20.1. The van der Waals surface area contributed by atoms with Gasteiger partial charge >= 0.3 is 0 Å². The van der Waals surface area contributed by atoms with Crippen molar-refractivity contribution < 1.29 is 0 Å². The van der Waals surface area contributed by atoms with Gasteiger partial charge in [-0.1, -0.05) is 12.5 Å². The van der Waals surface area contributed by atoms with Gasteiger partial charge in [0.2, 0.25) is 0 Å². The van der Waals surface area contributed by atoms with Crippen molar-refractivity contribution in [1.29, 1.82) is 0 Å². The Kier molecular flexibility index (Phi) is 6.40. The second kappa shape index (κ2) is 9.59. The molecule has 3 aromatic rings. The topological polar surface area (TPSA) is 71.2 Å². The lowest BCUT2D eigenvalue weighted by molar-refractivity contribution is 0.127. The largest absolute Gasteiger partial charge is 0.367 e. The maximum Gasteiger partial charge on any atom is 0.153 e. The Morgan fingerprint density at radius 3 is 2.58 bits per heavy atom. The van der Waals surface area contributed by atoms with Crippen molar-refractivity contribution in [3.8, 4) is 0 Å². The van der Waals surface area contributed by atoms with E-state index in [1.165, 1.54) is 58.0 Å². The van der Waals surface area contributed by atoms with Crippen LogP contribution in [-0.2, 0) is 0 Å². The van der Waals surface area contributed by atoms with Crippen LogP contribution < -0.4 is 5.32 Å². The molecular formula is C26H35N7. The van der Waals surface area contributed by atoms with E-state index in [1.54, 1.807) is 6.33 Å². The van der Waals surface area contributed by atoms with Crippen molar-refractivity contribution >= 4 is 17.0 Å². The highest BCUT2D eigenvalue weighted by Gasteiger charge is 2.28. The molecule has 0 atom stereocenters. The number of rotatable bonds is 5. The molecule has 1 N–H and O–H groups in total. The van der Waals surface area contributed by atoms with Crippen LogP contribution in [-0.4, -0.2) is 54.6 Å². The number of nitrogens with zero attached hydrogens (tertiary/aromatic N) is 6. The molecule has 7 heteroatoms.